The van der Waals surface area contributed by atoms with Gasteiger partial charge in [-0.2, -0.15) is 0 Å². The van der Waals surface area contributed by atoms with Gasteiger partial charge in [0, 0.05) is 36.4 Å². The van der Waals surface area contributed by atoms with Gasteiger partial charge in [0.15, 0.2) is 0 Å². The third-order valence-electron chi connectivity index (χ3n) is 6.00. The van der Waals surface area contributed by atoms with E-state index in [2.05, 4.69) is 20.9 Å². The number of hydrogen-bond donors (Lipinski definition) is 9. The Morgan fingerprint density at radius 1 is 0.732 bits per heavy atom. The number of carboxylic acids is 4. The second-order valence-electron chi connectivity index (χ2n) is 9.15. The van der Waals surface area contributed by atoms with Gasteiger partial charge in [0.2, 0.25) is 17.7 Å². The van der Waals surface area contributed by atoms with Gasteiger partial charge in [0.05, 0.1) is 12.5 Å². The van der Waals surface area contributed by atoms with E-state index in [0.717, 1.165) is 5.52 Å². The van der Waals surface area contributed by atoms with E-state index in [1.807, 2.05) is 0 Å². The predicted octanol–water partition coefficient (Wildman–Crippen LogP) is -1.22. The average molecular weight is 578 g/mol. The van der Waals surface area contributed by atoms with Crippen molar-refractivity contribution >= 4 is 52.5 Å². The molecular weight excluding hydrogens is 546 g/mol. The number of H-pyrrole nitrogens is 1. The number of carboxylic acid groups (broad SMARTS) is 4. The number of aliphatic carboxylic acids is 4. The first-order valence-corrected chi connectivity index (χ1v) is 12.4. The Labute approximate surface area is 232 Å². The van der Waals surface area contributed by atoms with Crippen LogP contribution in [0.5, 0.6) is 0 Å². The van der Waals surface area contributed by atoms with E-state index in [4.69, 9.17) is 21.1 Å². The number of fused-ring (bicyclic) bond motifs is 1. The van der Waals surface area contributed by atoms with Gasteiger partial charge in [0.1, 0.15) is 18.1 Å². The predicted molar refractivity (Wildman–Crippen MR) is 139 cm³/mol. The summed E-state index contributed by atoms with van der Waals surface area (Å²) in [7, 11) is 0. The summed E-state index contributed by atoms with van der Waals surface area (Å²) in [5.74, 6) is -8.55. The van der Waals surface area contributed by atoms with Crippen molar-refractivity contribution in [3.63, 3.8) is 0 Å². The van der Waals surface area contributed by atoms with E-state index in [1.54, 1.807) is 30.5 Å². The summed E-state index contributed by atoms with van der Waals surface area (Å²) in [6, 6.07) is 0.883. The third-order valence-corrected chi connectivity index (χ3v) is 6.00. The molecule has 3 amide bonds. The SMILES string of the molecule is NC(CC(=O)O)C(=O)NC(Cc1c[nH]c2ccccc12)C(=O)NC(CCC(=O)O)C(=O)NC(CCC(=O)O)C(=O)O. The van der Waals surface area contributed by atoms with E-state index < -0.39 is 97.9 Å². The van der Waals surface area contributed by atoms with Gasteiger partial charge in [-0.05, 0) is 24.5 Å². The van der Waals surface area contributed by atoms with Gasteiger partial charge in [0.25, 0.3) is 0 Å². The third kappa shape index (κ3) is 10.2. The molecule has 0 aliphatic heterocycles. The van der Waals surface area contributed by atoms with Crippen molar-refractivity contribution in [1.29, 1.82) is 0 Å². The number of carbonyl (C=O) groups excluding carboxylic acids is 3. The first kappa shape index (κ1) is 32.2. The molecule has 2 rings (SSSR count). The molecule has 0 aliphatic rings. The van der Waals surface area contributed by atoms with Crippen LogP contribution in [0.15, 0.2) is 30.5 Å². The quantitative estimate of drug-likeness (QED) is 0.107. The number of carbonyl (C=O) groups is 7. The topological polar surface area (TPSA) is 278 Å². The maximum atomic E-state index is 13.4. The number of aromatic nitrogens is 1. The molecule has 4 unspecified atom stereocenters. The van der Waals surface area contributed by atoms with E-state index in [-0.39, 0.29) is 6.42 Å². The highest BCUT2D eigenvalue weighted by atomic mass is 16.4. The molecule has 41 heavy (non-hydrogen) atoms. The molecule has 0 saturated heterocycles. The van der Waals surface area contributed by atoms with Gasteiger partial charge < -0.3 is 47.1 Å². The number of para-hydroxylation sites is 1. The van der Waals surface area contributed by atoms with Crippen LogP contribution >= 0.6 is 0 Å². The van der Waals surface area contributed by atoms with Crippen LogP contribution in [0.25, 0.3) is 10.9 Å². The lowest BCUT2D eigenvalue weighted by Crippen LogP contribution is -2.57. The van der Waals surface area contributed by atoms with Gasteiger partial charge in [-0.15, -0.1) is 0 Å². The minimum absolute atomic E-state index is 0.148. The van der Waals surface area contributed by atoms with Crippen LogP contribution in [-0.4, -0.2) is 91.2 Å². The van der Waals surface area contributed by atoms with Crippen LogP contribution in [-0.2, 0) is 40.0 Å². The number of nitrogens with one attached hydrogen (secondary N) is 4. The Balaban J connectivity index is 2.31. The summed E-state index contributed by atoms with van der Waals surface area (Å²) in [5.41, 5.74) is 6.92. The summed E-state index contributed by atoms with van der Waals surface area (Å²) in [4.78, 5) is 86.4. The average Bonchev–Trinajstić information content (AvgIpc) is 3.30. The Hall–Kier alpha value is -4.99. The minimum Gasteiger partial charge on any atom is -0.481 e. The zero-order valence-corrected chi connectivity index (χ0v) is 21.7. The minimum atomic E-state index is -1.64. The molecule has 0 aliphatic carbocycles. The van der Waals surface area contributed by atoms with Crippen molar-refractivity contribution in [3.8, 4) is 0 Å². The largest absolute Gasteiger partial charge is 0.481 e. The standard InChI is InChI=1S/C25H31N5O11/c26-14(10-21(35)36)22(37)30-18(9-12-11-27-15-4-2-1-3-13(12)15)24(39)28-16(5-7-19(31)32)23(38)29-17(25(40)41)6-8-20(33)34/h1-4,11,14,16-18,27H,5-10,26H2,(H,28,39)(H,29,38)(H,30,37)(H,31,32)(H,33,34)(H,35,36)(H,40,41). The van der Waals surface area contributed by atoms with E-state index in [1.165, 1.54) is 0 Å². The molecule has 1 heterocycles. The molecule has 1 aromatic heterocycles. The molecule has 0 fully saturated rings. The summed E-state index contributed by atoms with van der Waals surface area (Å²) in [5, 5.41) is 43.7. The van der Waals surface area contributed by atoms with E-state index in [0.29, 0.717) is 10.9 Å². The van der Waals surface area contributed by atoms with Gasteiger partial charge in [-0.1, -0.05) is 18.2 Å². The van der Waals surface area contributed by atoms with Crippen molar-refractivity contribution in [3.05, 3.63) is 36.0 Å². The van der Waals surface area contributed by atoms with Crippen LogP contribution in [0.1, 0.15) is 37.7 Å². The van der Waals surface area contributed by atoms with Crippen molar-refractivity contribution < 1.29 is 54.0 Å². The molecule has 2 aromatic rings. The maximum absolute atomic E-state index is 13.4. The number of aromatic amines is 1. The fourth-order valence-electron chi connectivity index (χ4n) is 3.90. The van der Waals surface area contributed by atoms with Gasteiger partial charge in [-0.3, -0.25) is 28.8 Å². The van der Waals surface area contributed by atoms with Crippen LogP contribution in [0.2, 0.25) is 0 Å². The zero-order chi connectivity index (χ0) is 30.7. The molecule has 0 radical (unpaired) electrons. The second-order valence-corrected chi connectivity index (χ2v) is 9.15. The van der Waals surface area contributed by atoms with Crippen LogP contribution in [0.3, 0.4) is 0 Å². The smallest absolute Gasteiger partial charge is 0.326 e. The lowest BCUT2D eigenvalue weighted by Gasteiger charge is -2.25. The van der Waals surface area contributed by atoms with Crippen LogP contribution in [0, 0.1) is 0 Å². The highest BCUT2D eigenvalue weighted by molar-refractivity contribution is 5.95. The van der Waals surface area contributed by atoms with Crippen molar-refractivity contribution in [2.24, 2.45) is 5.73 Å². The first-order chi connectivity index (χ1) is 19.3. The summed E-state index contributed by atoms with van der Waals surface area (Å²) < 4.78 is 0. The molecular formula is C25H31N5O11. The molecule has 0 saturated carbocycles. The van der Waals surface area contributed by atoms with Crippen LogP contribution in [0.4, 0.5) is 0 Å². The van der Waals surface area contributed by atoms with E-state index in [9.17, 15) is 38.7 Å². The van der Waals surface area contributed by atoms with Crippen molar-refractivity contribution in [1.82, 2.24) is 20.9 Å². The monoisotopic (exact) mass is 577 g/mol. The normalized spacial score (nSPS) is 13.8. The molecule has 222 valence electrons. The number of amides is 3. The number of benzene rings is 1. The van der Waals surface area contributed by atoms with E-state index >= 15 is 0 Å². The Bertz CT molecular complexity index is 1310. The molecule has 4 atom stereocenters. The molecule has 0 spiro atoms. The Morgan fingerprint density at radius 3 is 1.85 bits per heavy atom. The van der Waals surface area contributed by atoms with Crippen LogP contribution < -0.4 is 21.7 Å². The fraction of sp³-hybridized carbons (Fsp3) is 0.400. The van der Waals surface area contributed by atoms with Gasteiger partial charge >= 0.3 is 23.9 Å². The molecule has 1 aromatic carbocycles. The van der Waals surface area contributed by atoms with Crippen molar-refractivity contribution in [2.75, 3.05) is 0 Å². The lowest BCUT2D eigenvalue weighted by atomic mass is 10.0. The zero-order valence-electron chi connectivity index (χ0n) is 21.7. The summed E-state index contributed by atoms with van der Waals surface area (Å²) in [6.07, 6.45) is -1.42. The Kier molecular flexibility index (Phi) is 11.8. The lowest BCUT2D eigenvalue weighted by molar-refractivity contribution is -0.144. The first-order valence-electron chi connectivity index (χ1n) is 12.4. The number of rotatable bonds is 17. The molecule has 0 bridgehead atoms. The second kappa shape index (κ2) is 15.0. The maximum Gasteiger partial charge on any atom is 0.326 e. The Morgan fingerprint density at radius 2 is 1.27 bits per heavy atom. The number of hydrogen-bond acceptors (Lipinski definition) is 8. The highest BCUT2D eigenvalue weighted by Gasteiger charge is 2.31. The molecule has 10 N–H and O–H groups in total. The molecule has 16 nitrogen and oxygen atoms in total. The van der Waals surface area contributed by atoms with Gasteiger partial charge in [-0.25, -0.2) is 4.79 Å². The highest BCUT2D eigenvalue weighted by Crippen LogP contribution is 2.19. The summed E-state index contributed by atoms with van der Waals surface area (Å²) >= 11 is 0. The molecule has 16 heteroatoms. The van der Waals surface area contributed by atoms with Crippen molar-refractivity contribution in [2.45, 2.75) is 62.7 Å². The summed E-state index contributed by atoms with van der Waals surface area (Å²) in [6.45, 7) is 0. The number of nitrogens with two attached hydrogens (primary N) is 1. The fourth-order valence-corrected chi connectivity index (χ4v) is 3.90.